The maximum atomic E-state index is 12.3. The molecule has 1 aromatic rings. The number of carbonyl (C=O) groups excluding carboxylic acids is 1. The minimum absolute atomic E-state index is 0.0380. The van der Waals surface area contributed by atoms with E-state index in [4.69, 9.17) is 9.63 Å². The number of amides is 1. The quantitative estimate of drug-likeness (QED) is 0.811. The van der Waals surface area contributed by atoms with Crippen LogP contribution in [0.2, 0.25) is 0 Å². The number of rotatable bonds is 4. The molecule has 2 rings (SSSR count). The van der Waals surface area contributed by atoms with Gasteiger partial charge in [0.1, 0.15) is 17.9 Å². The summed E-state index contributed by atoms with van der Waals surface area (Å²) in [7, 11) is -3.21. The van der Waals surface area contributed by atoms with E-state index in [2.05, 4.69) is 5.16 Å². The maximum Gasteiger partial charge on any atom is 0.323 e. The number of carboxylic acid groups (broad SMARTS) is 1. The summed E-state index contributed by atoms with van der Waals surface area (Å²) in [6, 6.07) is -0.627. The zero-order valence-corrected chi connectivity index (χ0v) is 11.6. The van der Waals surface area contributed by atoms with Crippen molar-refractivity contribution >= 4 is 21.7 Å². The van der Waals surface area contributed by atoms with E-state index >= 15 is 0 Å². The number of hydrogen-bond acceptors (Lipinski definition) is 6. The molecule has 1 unspecified atom stereocenters. The smallest absolute Gasteiger partial charge is 0.323 e. The van der Waals surface area contributed by atoms with E-state index < -0.39 is 34.3 Å². The molecule has 0 radical (unpaired) electrons. The van der Waals surface area contributed by atoms with E-state index in [9.17, 15) is 18.0 Å². The average molecular weight is 302 g/mol. The van der Waals surface area contributed by atoms with Crippen molar-refractivity contribution in [3.63, 3.8) is 0 Å². The van der Waals surface area contributed by atoms with Gasteiger partial charge in [-0.2, -0.15) is 0 Å². The monoisotopic (exact) mass is 302 g/mol. The molecule has 1 amide bonds. The summed E-state index contributed by atoms with van der Waals surface area (Å²) in [5.41, 5.74) is 0.149. The van der Waals surface area contributed by atoms with Crippen LogP contribution >= 0.6 is 0 Å². The average Bonchev–Trinajstić information content (AvgIpc) is 2.91. The number of carboxylic acids is 1. The van der Waals surface area contributed by atoms with Crippen LogP contribution in [0.1, 0.15) is 22.5 Å². The number of sulfone groups is 1. The molecular formula is C11H14N2O6S. The second kappa shape index (κ2) is 5.23. The van der Waals surface area contributed by atoms with Gasteiger partial charge in [0.2, 0.25) is 0 Å². The fraction of sp³-hybridized carbons (Fsp3) is 0.545. The van der Waals surface area contributed by atoms with Gasteiger partial charge in [-0.05, 0) is 13.3 Å². The van der Waals surface area contributed by atoms with E-state index in [1.54, 1.807) is 0 Å². The zero-order valence-electron chi connectivity index (χ0n) is 10.8. The molecule has 9 heteroatoms. The summed E-state index contributed by atoms with van der Waals surface area (Å²) in [6.45, 7) is 0.980. The van der Waals surface area contributed by atoms with Gasteiger partial charge in [-0.1, -0.05) is 5.16 Å². The van der Waals surface area contributed by atoms with Gasteiger partial charge in [0.15, 0.2) is 9.84 Å². The highest BCUT2D eigenvalue weighted by Crippen LogP contribution is 2.21. The van der Waals surface area contributed by atoms with Crippen LogP contribution in [0.4, 0.5) is 0 Å². The molecule has 1 aliphatic heterocycles. The van der Waals surface area contributed by atoms with Gasteiger partial charge in [-0.3, -0.25) is 9.59 Å². The Bertz CT molecular complexity index is 635. The second-order valence-corrected chi connectivity index (χ2v) is 6.91. The predicted octanol–water partition coefficient (Wildman–Crippen LogP) is -0.303. The Morgan fingerprint density at radius 1 is 1.55 bits per heavy atom. The first kappa shape index (κ1) is 14.5. The molecule has 1 saturated heterocycles. The molecule has 0 bridgehead atoms. The first-order chi connectivity index (χ1) is 9.30. The third kappa shape index (κ3) is 2.98. The van der Waals surface area contributed by atoms with Gasteiger partial charge in [-0.25, -0.2) is 8.42 Å². The molecule has 20 heavy (non-hydrogen) atoms. The van der Waals surface area contributed by atoms with Crippen LogP contribution in [0, 0.1) is 6.92 Å². The number of aliphatic carboxylic acids is 1. The van der Waals surface area contributed by atoms with Crippen molar-refractivity contribution in [3.8, 4) is 0 Å². The van der Waals surface area contributed by atoms with Gasteiger partial charge in [0.05, 0.1) is 17.7 Å². The van der Waals surface area contributed by atoms with Crippen molar-refractivity contribution in [2.24, 2.45) is 0 Å². The molecule has 1 N–H and O–H groups in total. The lowest BCUT2D eigenvalue weighted by Gasteiger charge is -2.26. The van der Waals surface area contributed by atoms with E-state index in [0.717, 1.165) is 4.90 Å². The minimum Gasteiger partial charge on any atom is -0.480 e. The Hall–Kier alpha value is -1.90. The Kier molecular flexibility index (Phi) is 3.80. The van der Waals surface area contributed by atoms with Crippen molar-refractivity contribution in [3.05, 3.63) is 17.5 Å². The molecular weight excluding hydrogens is 288 g/mol. The first-order valence-electron chi connectivity index (χ1n) is 5.94. The summed E-state index contributed by atoms with van der Waals surface area (Å²) in [5, 5.41) is 12.4. The summed E-state index contributed by atoms with van der Waals surface area (Å²) < 4.78 is 27.8. The molecule has 2 heterocycles. The van der Waals surface area contributed by atoms with Crippen LogP contribution in [0.15, 0.2) is 10.7 Å². The highest BCUT2D eigenvalue weighted by Gasteiger charge is 2.36. The lowest BCUT2D eigenvalue weighted by molar-refractivity contribution is -0.138. The Morgan fingerprint density at radius 2 is 2.25 bits per heavy atom. The lowest BCUT2D eigenvalue weighted by Crippen LogP contribution is -2.44. The van der Waals surface area contributed by atoms with Crippen molar-refractivity contribution in [1.82, 2.24) is 10.1 Å². The van der Waals surface area contributed by atoms with Crippen LogP contribution < -0.4 is 0 Å². The third-order valence-electron chi connectivity index (χ3n) is 3.20. The molecule has 1 atom stereocenters. The van der Waals surface area contributed by atoms with Crippen molar-refractivity contribution in [2.45, 2.75) is 19.4 Å². The largest absolute Gasteiger partial charge is 0.480 e. The van der Waals surface area contributed by atoms with E-state index in [1.165, 1.54) is 13.1 Å². The SMILES string of the molecule is Cc1oncc1C(=O)N(CC(=O)O)C1CCS(=O)(=O)C1. The van der Waals surface area contributed by atoms with Crippen LogP contribution in [0.25, 0.3) is 0 Å². The summed E-state index contributed by atoms with van der Waals surface area (Å²) in [6.07, 6.45) is 1.45. The molecule has 8 nitrogen and oxygen atoms in total. The van der Waals surface area contributed by atoms with Crippen LogP contribution in [0.5, 0.6) is 0 Å². The molecule has 110 valence electrons. The van der Waals surface area contributed by atoms with Crippen LogP contribution in [-0.4, -0.2) is 59.5 Å². The normalized spacial score (nSPS) is 20.8. The number of carbonyl (C=O) groups is 2. The van der Waals surface area contributed by atoms with Gasteiger partial charge in [-0.15, -0.1) is 0 Å². The zero-order chi connectivity index (χ0) is 14.9. The van der Waals surface area contributed by atoms with E-state index in [0.29, 0.717) is 0 Å². The summed E-state index contributed by atoms with van der Waals surface area (Å²) in [4.78, 5) is 24.3. The number of aryl methyl sites for hydroxylation is 1. The Morgan fingerprint density at radius 3 is 2.70 bits per heavy atom. The topological polar surface area (TPSA) is 118 Å². The third-order valence-corrected chi connectivity index (χ3v) is 4.95. The Labute approximate surface area is 115 Å². The fourth-order valence-corrected chi connectivity index (χ4v) is 3.92. The van der Waals surface area contributed by atoms with E-state index in [-0.39, 0.29) is 29.3 Å². The van der Waals surface area contributed by atoms with Gasteiger partial charge in [0, 0.05) is 6.04 Å². The number of aromatic nitrogens is 1. The number of nitrogens with zero attached hydrogens (tertiary/aromatic N) is 2. The Balaban J connectivity index is 2.27. The number of hydrogen-bond donors (Lipinski definition) is 1. The van der Waals surface area contributed by atoms with Crippen molar-refractivity contribution in [2.75, 3.05) is 18.1 Å². The first-order valence-corrected chi connectivity index (χ1v) is 7.77. The van der Waals surface area contributed by atoms with Crippen molar-refractivity contribution < 1.29 is 27.6 Å². The minimum atomic E-state index is -3.21. The summed E-state index contributed by atoms with van der Waals surface area (Å²) in [5.74, 6) is -1.75. The standard InChI is InChI=1S/C11H14N2O6S/c1-7-9(4-12-19-7)11(16)13(5-10(14)15)8-2-3-20(17,18)6-8/h4,8H,2-3,5-6H2,1H3,(H,14,15). The van der Waals surface area contributed by atoms with Gasteiger partial charge >= 0.3 is 5.97 Å². The maximum absolute atomic E-state index is 12.3. The van der Waals surface area contributed by atoms with Crippen LogP contribution in [-0.2, 0) is 14.6 Å². The fourth-order valence-electron chi connectivity index (χ4n) is 2.19. The molecule has 1 fully saturated rings. The predicted molar refractivity (Wildman–Crippen MR) is 67.0 cm³/mol. The molecule has 1 aromatic heterocycles. The molecule has 0 aliphatic carbocycles. The lowest BCUT2D eigenvalue weighted by atomic mass is 10.1. The highest BCUT2D eigenvalue weighted by atomic mass is 32.2. The molecule has 0 aromatic carbocycles. The second-order valence-electron chi connectivity index (χ2n) is 4.68. The van der Waals surface area contributed by atoms with Gasteiger partial charge < -0.3 is 14.5 Å². The highest BCUT2D eigenvalue weighted by molar-refractivity contribution is 7.91. The van der Waals surface area contributed by atoms with Gasteiger partial charge in [0.25, 0.3) is 5.91 Å². The van der Waals surface area contributed by atoms with Crippen molar-refractivity contribution in [1.29, 1.82) is 0 Å². The van der Waals surface area contributed by atoms with Crippen LogP contribution in [0.3, 0.4) is 0 Å². The summed E-state index contributed by atoms with van der Waals surface area (Å²) >= 11 is 0. The van der Waals surface area contributed by atoms with E-state index in [1.807, 2.05) is 0 Å². The molecule has 1 aliphatic rings. The molecule has 0 spiro atoms. The molecule has 0 saturated carbocycles.